The van der Waals surface area contributed by atoms with Crippen LogP contribution in [0.4, 0.5) is 0 Å². The highest BCUT2D eigenvalue weighted by Crippen LogP contribution is 2.67. The van der Waals surface area contributed by atoms with E-state index in [4.69, 9.17) is 4.74 Å². The first-order valence-electron chi connectivity index (χ1n) is 8.25. The molecule has 1 heterocycles. The largest absolute Gasteiger partial charge is 0.372 e. The van der Waals surface area contributed by atoms with E-state index in [-0.39, 0.29) is 5.60 Å². The summed E-state index contributed by atoms with van der Waals surface area (Å²) in [5.74, 6) is 3.21. The van der Waals surface area contributed by atoms with Crippen molar-refractivity contribution in [1.82, 2.24) is 0 Å². The zero-order valence-corrected chi connectivity index (χ0v) is 13.9. The van der Waals surface area contributed by atoms with Crippen molar-refractivity contribution in [3.63, 3.8) is 0 Å². The van der Waals surface area contributed by atoms with Crippen LogP contribution in [0, 0.1) is 34.5 Å². The van der Waals surface area contributed by atoms with Gasteiger partial charge in [-0.15, -0.1) is 0 Å². The van der Waals surface area contributed by atoms with Gasteiger partial charge in [0.05, 0.1) is 11.7 Å². The molecule has 3 rings (SSSR count). The molecule has 0 aromatic heterocycles. The van der Waals surface area contributed by atoms with Gasteiger partial charge in [0.1, 0.15) is 0 Å². The molecule has 0 N–H and O–H groups in total. The van der Waals surface area contributed by atoms with Crippen LogP contribution in [0.15, 0.2) is 0 Å². The summed E-state index contributed by atoms with van der Waals surface area (Å²) in [4.78, 5) is 0. The molecule has 0 unspecified atom stereocenters. The second-order valence-electron chi connectivity index (χ2n) is 9.38. The highest BCUT2D eigenvalue weighted by atomic mass is 16.5. The van der Waals surface area contributed by atoms with Gasteiger partial charge in [0, 0.05) is 0 Å². The summed E-state index contributed by atoms with van der Waals surface area (Å²) in [6.07, 6.45) is 4.60. The van der Waals surface area contributed by atoms with Crippen LogP contribution < -0.4 is 0 Å². The first-order valence-corrected chi connectivity index (χ1v) is 8.25. The Hall–Kier alpha value is -0.0400. The highest BCUT2D eigenvalue weighted by Gasteiger charge is 2.64. The van der Waals surface area contributed by atoms with Crippen molar-refractivity contribution in [3.05, 3.63) is 0 Å². The molecule has 1 heteroatoms. The van der Waals surface area contributed by atoms with Gasteiger partial charge in [0.25, 0.3) is 0 Å². The quantitative estimate of drug-likeness (QED) is 0.605. The fourth-order valence-electron chi connectivity index (χ4n) is 6.04. The van der Waals surface area contributed by atoms with E-state index in [9.17, 15) is 0 Å². The summed E-state index contributed by atoms with van der Waals surface area (Å²) in [6, 6.07) is 0. The molecule has 0 spiro atoms. The third kappa shape index (κ3) is 1.76. The van der Waals surface area contributed by atoms with E-state index < -0.39 is 0 Å². The third-order valence-electron chi connectivity index (χ3n) is 7.36. The molecule has 3 aliphatic rings. The zero-order valence-electron chi connectivity index (χ0n) is 13.9. The van der Waals surface area contributed by atoms with Gasteiger partial charge in [-0.05, 0) is 67.6 Å². The molecule has 0 bridgehead atoms. The minimum atomic E-state index is 0.107. The Morgan fingerprint density at radius 3 is 2.16 bits per heavy atom. The normalized spacial score (nSPS) is 49.7. The van der Waals surface area contributed by atoms with Crippen molar-refractivity contribution in [1.29, 1.82) is 0 Å². The summed E-state index contributed by atoms with van der Waals surface area (Å²) in [7, 11) is 0. The Morgan fingerprint density at radius 2 is 1.53 bits per heavy atom. The average Bonchev–Trinajstić information content (AvgIpc) is 2.65. The maximum absolute atomic E-state index is 6.54. The molecule has 0 aromatic rings. The Kier molecular flexibility index (Phi) is 2.77. The van der Waals surface area contributed by atoms with Crippen molar-refractivity contribution >= 4 is 0 Å². The maximum atomic E-state index is 6.54. The number of hydrogen-bond acceptors (Lipinski definition) is 1. The third-order valence-corrected chi connectivity index (χ3v) is 7.36. The topological polar surface area (TPSA) is 9.23 Å². The van der Waals surface area contributed by atoms with Gasteiger partial charge in [-0.25, -0.2) is 0 Å². The monoisotopic (exact) mass is 264 g/mol. The van der Waals surface area contributed by atoms with Crippen molar-refractivity contribution in [3.8, 4) is 0 Å². The number of fused-ring (bicyclic) bond motifs is 3. The van der Waals surface area contributed by atoms with Crippen LogP contribution in [0.1, 0.15) is 67.7 Å². The Balaban J connectivity index is 1.99. The Bertz CT molecular complexity index is 379. The molecule has 0 radical (unpaired) electrons. The van der Waals surface area contributed by atoms with Gasteiger partial charge in [0.15, 0.2) is 0 Å². The molecule has 110 valence electrons. The smallest absolute Gasteiger partial charge is 0.0647 e. The molecule has 1 aliphatic heterocycles. The molecule has 2 saturated carbocycles. The van der Waals surface area contributed by atoms with E-state index in [2.05, 4.69) is 48.5 Å². The molecule has 0 amide bonds. The molecule has 1 saturated heterocycles. The Labute approximate surface area is 119 Å². The lowest BCUT2D eigenvalue weighted by molar-refractivity contribution is -0.0952. The molecular weight excluding hydrogens is 232 g/mol. The summed E-state index contributed by atoms with van der Waals surface area (Å²) in [5, 5.41) is 0. The van der Waals surface area contributed by atoms with E-state index in [0.717, 1.165) is 23.7 Å². The van der Waals surface area contributed by atoms with Gasteiger partial charge in [-0.1, -0.05) is 34.6 Å². The van der Waals surface area contributed by atoms with E-state index in [0.29, 0.717) is 16.9 Å². The Morgan fingerprint density at radius 1 is 0.895 bits per heavy atom. The summed E-state index contributed by atoms with van der Waals surface area (Å²) >= 11 is 0. The molecule has 1 nitrogen and oxygen atoms in total. The summed E-state index contributed by atoms with van der Waals surface area (Å²) in [6.45, 7) is 17.1. The van der Waals surface area contributed by atoms with Crippen LogP contribution in [0.25, 0.3) is 0 Å². The number of hydrogen-bond donors (Lipinski definition) is 0. The van der Waals surface area contributed by atoms with E-state index >= 15 is 0 Å². The van der Waals surface area contributed by atoms with Crippen LogP contribution in [0.5, 0.6) is 0 Å². The maximum Gasteiger partial charge on any atom is 0.0647 e. The molecule has 3 fully saturated rings. The fourth-order valence-corrected chi connectivity index (χ4v) is 6.04. The van der Waals surface area contributed by atoms with Crippen molar-refractivity contribution in [2.75, 3.05) is 0 Å². The van der Waals surface area contributed by atoms with E-state index in [1.807, 2.05) is 0 Å². The summed E-state index contributed by atoms with van der Waals surface area (Å²) < 4.78 is 6.54. The van der Waals surface area contributed by atoms with Gasteiger partial charge in [0.2, 0.25) is 0 Å². The molecule has 5 atom stereocenters. The first-order chi connectivity index (χ1) is 8.57. The summed E-state index contributed by atoms with van der Waals surface area (Å²) in [5.41, 5.74) is 0.990. The predicted octanol–water partition coefficient (Wildman–Crippen LogP) is 4.90. The van der Waals surface area contributed by atoms with Crippen LogP contribution in [0.3, 0.4) is 0 Å². The predicted molar refractivity (Wildman–Crippen MR) is 80.0 cm³/mol. The first kappa shape index (κ1) is 13.9. The van der Waals surface area contributed by atoms with Crippen molar-refractivity contribution in [2.24, 2.45) is 34.5 Å². The van der Waals surface area contributed by atoms with Gasteiger partial charge >= 0.3 is 0 Å². The van der Waals surface area contributed by atoms with Crippen LogP contribution in [-0.2, 0) is 4.74 Å². The van der Waals surface area contributed by atoms with Crippen molar-refractivity contribution in [2.45, 2.75) is 79.4 Å². The zero-order chi connectivity index (χ0) is 14.2. The molecule has 0 aromatic carbocycles. The molecule has 19 heavy (non-hydrogen) atoms. The van der Waals surface area contributed by atoms with Crippen molar-refractivity contribution < 1.29 is 4.74 Å². The minimum absolute atomic E-state index is 0.107. The molecular formula is C18H32O. The minimum Gasteiger partial charge on any atom is -0.372 e. The van der Waals surface area contributed by atoms with E-state index in [1.54, 1.807) is 0 Å². The molecule has 2 aliphatic carbocycles. The van der Waals surface area contributed by atoms with Crippen LogP contribution in [-0.4, -0.2) is 11.7 Å². The average molecular weight is 264 g/mol. The highest BCUT2D eigenvalue weighted by molar-refractivity contribution is 5.12. The standard InChI is InChI=1S/C18H32O/c1-11-17(4,5)13-9-8-12-10-16(2,3)19-15(12)14(13)18(11,6)7/h11-15H,8-10H2,1-7H3/t11-,12-,13+,14-,15-/m0/s1. The van der Waals surface area contributed by atoms with E-state index in [1.165, 1.54) is 19.3 Å². The SMILES string of the molecule is C[C@@H]1C(C)(C)[C@@H]2[C@H]3OC(C)(C)C[C@@H]3CC[C@H]2C1(C)C. The lowest BCUT2D eigenvalue weighted by atomic mass is 9.64. The lowest BCUT2D eigenvalue weighted by Gasteiger charge is -2.43. The lowest BCUT2D eigenvalue weighted by Crippen LogP contribution is -2.42. The van der Waals surface area contributed by atoms with Crippen LogP contribution >= 0.6 is 0 Å². The second kappa shape index (κ2) is 3.78. The van der Waals surface area contributed by atoms with Crippen LogP contribution in [0.2, 0.25) is 0 Å². The fraction of sp³-hybridized carbons (Fsp3) is 1.00. The second-order valence-corrected chi connectivity index (χ2v) is 9.38. The van der Waals surface area contributed by atoms with Gasteiger partial charge < -0.3 is 4.74 Å². The van der Waals surface area contributed by atoms with Gasteiger partial charge in [-0.2, -0.15) is 0 Å². The number of ether oxygens (including phenoxy) is 1. The number of rotatable bonds is 0. The van der Waals surface area contributed by atoms with Gasteiger partial charge in [-0.3, -0.25) is 0 Å².